The predicted octanol–water partition coefficient (Wildman–Crippen LogP) is 0.212. The molecule has 0 aliphatic carbocycles. The standard InChI is InChI=1S/C12H24N4O/c1-4-5-13-11(10-17)8-15(2)9-12-14-6-7-16(12)3/h6-7,11,13,17H,4-5,8-10H2,1-3H3. The molecule has 0 radical (unpaired) electrons. The first kappa shape index (κ1) is 14.2. The Morgan fingerprint density at radius 3 is 2.88 bits per heavy atom. The number of nitrogens with one attached hydrogen (secondary N) is 1. The van der Waals surface area contributed by atoms with Crippen molar-refractivity contribution in [3.8, 4) is 0 Å². The molecule has 5 nitrogen and oxygen atoms in total. The molecule has 0 aromatic carbocycles. The Balaban J connectivity index is 2.37. The lowest BCUT2D eigenvalue weighted by Gasteiger charge is -2.23. The summed E-state index contributed by atoms with van der Waals surface area (Å²) in [6.07, 6.45) is 4.84. The Hall–Kier alpha value is -0.910. The quantitative estimate of drug-likeness (QED) is 0.682. The molecule has 1 rings (SSSR count). The number of nitrogens with zero attached hydrogens (tertiary/aromatic N) is 3. The van der Waals surface area contributed by atoms with Crippen LogP contribution < -0.4 is 5.32 Å². The van der Waals surface area contributed by atoms with Crippen molar-refractivity contribution in [1.29, 1.82) is 0 Å². The van der Waals surface area contributed by atoms with Crippen LogP contribution in [0.2, 0.25) is 0 Å². The predicted molar refractivity (Wildman–Crippen MR) is 68.7 cm³/mol. The first-order chi connectivity index (χ1) is 8.17. The van der Waals surface area contributed by atoms with Crippen molar-refractivity contribution in [2.75, 3.05) is 26.7 Å². The number of imidazole rings is 1. The highest BCUT2D eigenvalue weighted by Crippen LogP contribution is 2.00. The third-order valence-electron chi connectivity index (χ3n) is 2.77. The number of rotatable bonds is 8. The summed E-state index contributed by atoms with van der Waals surface area (Å²) in [4.78, 5) is 6.46. The van der Waals surface area contributed by atoms with Crippen molar-refractivity contribution in [2.24, 2.45) is 7.05 Å². The van der Waals surface area contributed by atoms with Crippen LogP contribution in [0.5, 0.6) is 0 Å². The maximum Gasteiger partial charge on any atom is 0.122 e. The molecule has 0 saturated heterocycles. The van der Waals surface area contributed by atoms with Gasteiger partial charge in [-0.3, -0.25) is 4.90 Å². The van der Waals surface area contributed by atoms with Gasteiger partial charge in [-0.15, -0.1) is 0 Å². The Morgan fingerprint density at radius 1 is 1.59 bits per heavy atom. The van der Waals surface area contributed by atoms with E-state index in [1.807, 2.05) is 31.1 Å². The smallest absolute Gasteiger partial charge is 0.122 e. The molecule has 0 fully saturated rings. The van der Waals surface area contributed by atoms with Gasteiger partial charge in [0.1, 0.15) is 5.82 Å². The minimum absolute atomic E-state index is 0.139. The zero-order valence-electron chi connectivity index (χ0n) is 11.1. The number of hydrogen-bond acceptors (Lipinski definition) is 4. The number of likely N-dealkylation sites (N-methyl/N-ethyl adjacent to an activating group) is 1. The minimum atomic E-state index is 0.139. The molecule has 98 valence electrons. The van der Waals surface area contributed by atoms with Crippen LogP contribution in [0.25, 0.3) is 0 Å². The van der Waals surface area contributed by atoms with Gasteiger partial charge in [-0.1, -0.05) is 6.92 Å². The van der Waals surface area contributed by atoms with E-state index in [0.717, 1.165) is 31.9 Å². The first-order valence-corrected chi connectivity index (χ1v) is 6.16. The van der Waals surface area contributed by atoms with E-state index >= 15 is 0 Å². The van der Waals surface area contributed by atoms with E-state index in [4.69, 9.17) is 0 Å². The summed E-state index contributed by atoms with van der Waals surface area (Å²) in [5, 5.41) is 12.6. The topological polar surface area (TPSA) is 53.3 Å². The molecule has 1 heterocycles. The second-order valence-corrected chi connectivity index (χ2v) is 4.48. The molecule has 1 unspecified atom stereocenters. The largest absolute Gasteiger partial charge is 0.395 e. The molecule has 0 saturated carbocycles. The average molecular weight is 240 g/mol. The molecule has 1 aromatic heterocycles. The summed E-state index contributed by atoms with van der Waals surface area (Å²) < 4.78 is 2.02. The second-order valence-electron chi connectivity index (χ2n) is 4.48. The summed E-state index contributed by atoms with van der Waals surface area (Å²) in [6, 6.07) is 0.139. The van der Waals surface area contributed by atoms with E-state index in [1.54, 1.807) is 0 Å². The summed E-state index contributed by atoms with van der Waals surface area (Å²) in [7, 11) is 4.04. The molecule has 0 aliphatic heterocycles. The molecule has 2 N–H and O–H groups in total. The van der Waals surface area contributed by atoms with E-state index in [1.165, 1.54) is 0 Å². The van der Waals surface area contributed by atoms with Gasteiger partial charge in [0.15, 0.2) is 0 Å². The molecular weight excluding hydrogens is 216 g/mol. The summed E-state index contributed by atoms with van der Waals surface area (Å²) in [5.41, 5.74) is 0. The maximum atomic E-state index is 9.27. The van der Waals surface area contributed by atoms with E-state index in [2.05, 4.69) is 22.1 Å². The first-order valence-electron chi connectivity index (χ1n) is 6.16. The highest BCUT2D eigenvalue weighted by molar-refractivity contribution is 4.90. The van der Waals surface area contributed by atoms with E-state index < -0.39 is 0 Å². The third-order valence-corrected chi connectivity index (χ3v) is 2.77. The normalized spacial score (nSPS) is 13.2. The van der Waals surface area contributed by atoms with Crippen LogP contribution in [0.1, 0.15) is 19.2 Å². The Morgan fingerprint density at radius 2 is 2.35 bits per heavy atom. The van der Waals surface area contributed by atoms with Gasteiger partial charge in [-0.05, 0) is 20.0 Å². The van der Waals surface area contributed by atoms with Gasteiger partial charge in [0.25, 0.3) is 0 Å². The Labute approximate surface area is 103 Å². The fourth-order valence-electron chi connectivity index (χ4n) is 1.77. The highest BCUT2D eigenvalue weighted by atomic mass is 16.3. The van der Waals surface area contributed by atoms with Gasteiger partial charge < -0.3 is 15.0 Å². The van der Waals surface area contributed by atoms with Gasteiger partial charge in [-0.2, -0.15) is 0 Å². The Kier molecular flexibility index (Phi) is 6.18. The molecular formula is C12H24N4O. The lowest BCUT2D eigenvalue weighted by Crippen LogP contribution is -2.42. The van der Waals surface area contributed by atoms with Gasteiger partial charge in [-0.25, -0.2) is 4.98 Å². The number of hydrogen-bond donors (Lipinski definition) is 2. The summed E-state index contributed by atoms with van der Waals surface area (Å²) >= 11 is 0. The lowest BCUT2D eigenvalue weighted by atomic mass is 10.2. The Bertz CT molecular complexity index is 313. The van der Waals surface area contributed by atoms with Gasteiger partial charge in [0.05, 0.1) is 13.2 Å². The number of aromatic nitrogens is 2. The number of aliphatic hydroxyl groups excluding tert-OH is 1. The molecule has 17 heavy (non-hydrogen) atoms. The van der Waals surface area contributed by atoms with Crippen LogP contribution in [0.15, 0.2) is 12.4 Å². The molecule has 1 aromatic rings. The van der Waals surface area contributed by atoms with Crippen LogP contribution in [0, 0.1) is 0 Å². The van der Waals surface area contributed by atoms with E-state index in [9.17, 15) is 5.11 Å². The zero-order chi connectivity index (χ0) is 12.7. The average Bonchev–Trinajstić information content (AvgIpc) is 2.70. The van der Waals surface area contributed by atoms with Gasteiger partial charge >= 0.3 is 0 Å². The molecule has 0 bridgehead atoms. The third kappa shape index (κ3) is 4.85. The van der Waals surface area contributed by atoms with Crippen LogP contribution in [0.3, 0.4) is 0 Å². The van der Waals surface area contributed by atoms with E-state index in [-0.39, 0.29) is 12.6 Å². The van der Waals surface area contributed by atoms with Crippen molar-refractivity contribution in [2.45, 2.75) is 25.9 Å². The molecule has 5 heteroatoms. The lowest BCUT2D eigenvalue weighted by molar-refractivity contribution is 0.193. The van der Waals surface area contributed by atoms with Crippen molar-refractivity contribution in [3.63, 3.8) is 0 Å². The molecule has 0 amide bonds. The van der Waals surface area contributed by atoms with Crippen LogP contribution in [-0.2, 0) is 13.6 Å². The van der Waals surface area contributed by atoms with Gasteiger partial charge in [0.2, 0.25) is 0 Å². The van der Waals surface area contributed by atoms with Crippen molar-refractivity contribution >= 4 is 0 Å². The second kappa shape index (κ2) is 7.42. The maximum absolute atomic E-state index is 9.27. The molecule has 0 aliphatic rings. The van der Waals surface area contributed by atoms with Crippen LogP contribution in [0.4, 0.5) is 0 Å². The van der Waals surface area contributed by atoms with Crippen LogP contribution in [-0.4, -0.2) is 52.3 Å². The van der Waals surface area contributed by atoms with Gasteiger partial charge in [0, 0.05) is 32.0 Å². The SMILES string of the molecule is CCCNC(CO)CN(C)Cc1nccn1C. The summed E-state index contributed by atoms with van der Waals surface area (Å²) in [6.45, 7) is 4.86. The molecule has 0 spiro atoms. The highest BCUT2D eigenvalue weighted by Gasteiger charge is 2.11. The fourth-order valence-corrected chi connectivity index (χ4v) is 1.77. The summed E-state index contributed by atoms with van der Waals surface area (Å²) in [5.74, 6) is 1.04. The number of aliphatic hydroxyl groups is 1. The molecule has 1 atom stereocenters. The monoisotopic (exact) mass is 240 g/mol. The van der Waals surface area contributed by atoms with E-state index in [0.29, 0.717) is 0 Å². The zero-order valence-corrected chi connectivity index (χ0v) is 11.1. The number of aryl methyl sites for hydroxylation is 1. The van der Waals surface area contributed by atoms with Crippen molar-refractivity contribution < 1.29 is 5.11 Å². The van der Waals surface area contributed by atoms with Crippen LogP contribution >= 0.6 is 0 Å². The fraction of sp³-hybridized carbons (Fsp3) is 0.750. The van der Waals surface area contributed by atoms with Crippen molar-refractivity contribution in [3.05, 3.63) is 18.2 Å². The minimum Gasteiger partial charge on any atom is -0.395 e. The van der Waals surface area contributed by atoms with Crippen molar-refractivity contribution in [1.82, 2.24) is 19.8 Å².